The second kappa shape index (κ2) is 8.79. The van der Waals surface area contributed by atoms with Crippen LogP contribution in [-0.2, 0) is 4.74 Å². The molecule has 0 aliphatic carbocycles. The number of likely N-dealkylation sites (tertiary alicyclic amines) is 1. The molecule has 4 amide bonds. The molecule has 0 aromatic heterocycles. The Hall–Kier alpha value is -2.32. The van der Waals surface area contributed by atoms with Gasteiger partial charge in [-0.15, -0.1) is 0 Å². The fraction of sp³-hybridized carbons (Fsp3) is 0.600. The van der Waals surface area contributed by atoms with Crippen LogP contribution in [0.1, 0.15) is 19.3 Å². The van der Waals surface area contributed by atoms with Gasteiger partial charge < -0.3 is 20.7 Å². The summed E-state index contributed by atoms with van der Waals surface area (Å²) in [5, 5.41) is 8.73. The predicted molar refractivity (Wildman–Crippen MR) is 108 cm³/mol. The average Bonchev–Trinajstić information content (AvgIpc) is 3.45. The van der Waals surface area contributed by atoms with Crippen LogP contribution in [0.3, 0.4) is 0 Å². The number of amides is 4. The summed E-state index contributed by atoms with van der Waals surface area (Å²) in [6.07, 6.45) is 3.52. The van der Waals surface area contributed by atoms with Crippen molar-refractivity contribution in [2.75, 3.05) is 56.2 Å². The normalized spacial score (nSPS) is 23.6. The van der Waals surface area contributed by atoms with Crippen molar-refractivity contribution in [1.82, 2.24) is 15.5 Å². The summed E-state index contributed by atoms with van der Waals surface area (Å²) in [7, 11) is 0. The van der Waals surface area contributed by atoms with Gasteiger partial charge in [0, 0.05) is 49.6 Å². The summed E-state index contributed by atoms with van der Waals surface area (Å²) in [4.78, 5) is 28.5. The molecule has 4 rings (SSSR count). The van der Waals surface area contributed by atoms with Crippen LogP contribution in [0.25, 0.3) is 0 Å². The van der Waals surface area contributed by atoms with Crippen LogP contribution in [0.4, 0.5) is 21.0 Å². The van der Waals surface area contributed by atoms with Crippen molar-refractivity contribution >= 4 is 23.4 Å². The molecule has 0 bridgehead atoms. The number of benzene rings is 1. The van der Waals surface area contributed by atoms with Crippen LogP contribution >= 0.6 is 0 Å². The van der Waals surface area contributed by atoms with Gasteiger partial charge in [-0.1, -0.05) is 6.07 Å². The lowest BCUT2D eigenvalue weighted by molar-refractivity contribution is 0.135. The van der Waals surface area contributed by atoms with Gasteiger partial charge in [0.25, 0.3) is 0 Å². The summed E-state index contributed by atoms with van der Waals surface area (Å²) >= 11 is 0. The molecule has 3 fully saturated rings. The minimum atomic E-state index is -0.217. The number of hydrogen-bond donors (Lipinski definition) is 3. The van der Waals surface area contributed by atoms with Gasteiger partial charge in [0.2, 0.25) is 0 Å². The lowest BCUT2D eigenvalue weighted by Crippen LogP contribution is -2.48. The fourth-order valence-corrected chi connectivity index (χ4v) is 4.37. The first-order valence-electron chi connectivity index (χ1n) is 10.2. The summed E-state index contributed by atoms with van der Waals surface area (Å²) in [6, 6.07) is 7.39. The van der Waals surface area contributed by atoms with E-state index in [1.165, 1.54) is 12.8 Å². The van der Waals surface area contributed by atoms with Crippen molar-refractivity contribution in [3.63, 3.8) is 0 Å². The second-order valence-electron chi connectivity index (χ2n) is 7.70. The average molecular weight is 387 g/mol. The van der Waals surface area contributed by atoms with Crippen molar-refractivity contribution < 1.29 is 14.3 Å². The first-order chi connectivity index (χ1) is 13.7. The molecule has 0 unspecified atom stereocenters. The molecule has 3 N–H and O–H groups in total. The summed E-state index contributed by atoms with van der Waals surface area (Å²) in [6.45, 7) is 5.70. The standard InChI is InChI=1S/C20H29N5O3/c26-19(22-13-18(15-6-11-28-14-15)24-8-1-2-9-24)23-16-4-3-5-17(12-16)25-10-7-21-20(25)27/h3-5,12,15,18H,1-2,6-11,13-14H2,(H,21,27)(H2,22,23,26)/t15-,18-/m0/s1. The minimum absolute atomic E-state index is 0.103. The van der Waals surface area contributed by atoms with Crippen LogP contribution in [0.15, 0.2) is 24.3 Å². The number of nitrogens with one attached hydrogen (secondary N) is 3. The first kappa shape index (κ1) is 19.0. The SMILES string of the molecule is O=C(NC[C@@H]([C@H]1CCOC1)N1CCCC1)Nc1cccc(N2CCNC2=O)c1. The van der Waals surface area contributed by atoms with Gasteiger partial charge in [-0.25, -0.2) is 9.59 Å². The van der Waals surface area contributed by atoms with E-state index in [1.807, 2.05) is 24.3 Å². The van der Waals surface area contributed by atoms with E-state index < -0.39 is 0 Å². The molecule has 28 heavy (non-hydrogen) atoms. The van der Waals surface area contributed by atoms with Gasteiger partial charge in [-0.2, -0.15) is 0 Å². The highest BCUT2D eigenvalue weighted by molar-refractivity contribution is 5.95. The van der Waals surface area contributed by atoms with E-state index in [0.29, 0.717) is 37.3 Å². The maximum Gasteiger partial charge on any atom is 0.321 e. The van der Waals surface area contributed by atoms with Gasteiger partial charge in [0.05, 0.1) is 6.61 Å². The Kier molecular flexibility index (Phi) is 5.97. The molecule has 1 aromatic rings. The van der Waals surface area contributed by atoms with E-state index in [4.69, 9.17) is 4.74 Å². The molecule has 0 spiro atoms. The highest BCUT2D eigenvalue weighted by atomic mass is 16.5. The molecule has 0 radical (unpaired) electrons. The van der Waals surface area contributed by atoms with Gasteiger partial charge in [-0.3, -0.25) is 9.80 Å². The van der Waals surface area contributed by atoms with Gasteiger partial charge in [0.1, 0.15) is 0 Å². The molecule has 3 aliphatic rings. The second-order valence-corrected chi connectivity index (χ2v) is 7.70. The highest BCUT2D eigenvalue weighted by Crippen LogP contribution is 2.24. The number of carbonyl (C=O) groups is 2. The Morgan fingerprint density at radius 1 is 1.29 bits per heavy atom. The van der Waals surface area contributed by atoms with Crippen molar-refractivity contribution in [3.05, 3.63) is 24.3 Å². The Bertz CT molecular complexity index is 685. The third kappa shape index (κ3) is 4.39. The third-order valence-electron chi connectivity index (χ3n) is 5.86. The van der Waals surface area contributed by atoms with Crippen molar-refractivity contribution in [1.29, 1.82) is 0 Å². The van der Waals surface area contributed by atoms with E-state index in [9.17, 15) is 9.59 Å². The van der Waals surface area contributed by atoms with Crippen molar-refractivity contribution in [2.24, 2.45) is 5.92 Å². The Labute approximate surface area is 165 Å². The van der Waals surface area contributed by atoms with Crippen LogP contribution in [0.5, 0.6) is 0 Å². The molecule has 3 saturated heterocycles. The molecule has 3 heterocycles. The zero-order chi connectivity index (χ0) is 19.3. The minimum Gasteiger partial charge on any atom is -0.381 e. The highest BCUT2D eigenvalue weighted by Gasteiger charge is 2.32. The summed E-state index contributed by atoms with van der Waals surface area (Å²) < 4.78 is 5.58. The third-order valence-corrected chi connectivity index (χ3v) is 5.86. The van der Waals surface area contributed by atoms with Crippen LogP contribution in [0, 0.1) is 5.92 Å². The van der Waals surface area contributed by atoms with E-state index in [1.54, 1.807) is 4.90 Å². The van der Waals surface area contributed by atoms with Crippen LogP contribution < -0.4 is 20.9 Å². The number of hydrogen-bond acceptors (Lipinski definition) is 4. The zero-order valence-corrected chi connectivity index (χ0v) is 16.2. The van der Waals surface area contributed by atoms with E-state index in [-0.39, 0.29) is 12.1 Å². The van der Waals surface area contributed by atoms with E-state index in [0.717, 1.165) is 38.4 Å². The Balaban J connectivity index is 1.33. The smallest absolute Gasteiger partial charge is 0.321 e. The number of rotatable bonds is 6. The van der Waals surface area contributed by atoms with E-state index in [2.05, 4.69) is 20.9 Å². The monoisotopic (exact) mass is 387 g/mol. The number of carbonyl (C=O) groups excluding carboxylic acids is 2. The Morgan fingerprint density at radius 2 is 2.14 bits per heavy atom. The molecule has 2 atom stereocenters. The summed E-state index contributed by atoms with van der Waals surface area (Å²) in [5.74, 6) is 0.482. The maximum absolute atomic E-state index is 12.5. The molecular weight excluding hydrogens is 358 g/mol. The lowest BCUT2D eigenvalue weighted by Gasteiger charge is -2.32. The number of ether oxygens (including phenoxy) is 1. The van der Waals surface area contributed by atoms with Gasteiger partial charge in [-0.05, 0) is 50.6 Å². The molecule has 0 saturated carbocycles. The first-order valence-corrected chi connectivity index (χ1v) is 10.2. The molecule has 8 nitrogen and oxygen atoms in total. The maximum atomic E-state index is 12.5. The van der Waals surface area contributed by atoms with Crippen molar-refractivity contribution in [3.8, 4) is 0 Å². The quantitative estimate of drug-likeness (QED) is 0.695. The fourth-order valence-electron chi connectivity index (χ4n) is 4.37. The Morgan fingerprint density at radius 3 is 2.86 bits per heavy atom. The molecule has 1 aromatic carbocycles. The van der Waals surface area contributed by atoms with Gasteiger partial charge in [0.15, 0.2) is 0 Å². The molecule has 152 valence electrons. The number of urea groups is 2. The summed E-state index contributed by atoms with van der Waals surface area (Å²) in [5.41, 5.74) is 1.46. The zero-order valence-electron chi connectivity index (χ0n) is 16.2. The van der Waals surface area contributed by atoms with Crippen LogP contribution in [-0.4, -0.2) is 68.9 Å². The largest absolute Gasteiger partial charge is 0.381 e. The topological polar surface area (TPSA) is 85.9 Å². The van der Waals surface area contributed by atoms with E-state index >= 15 is 0 Å². The predicted octanol–water partition coefficient (Wildman–Crippen LogP) is 1.84. The molecule has 8 heteroatoms. The molecule has 3 aliphatic heterocycles. The molecular formula is C20H29N5O3. The van der Waals surface area contributed by atoms with Crippen molar-refractivity contribution in [2.45, 2.75) is 25.3 Å². The number of anilines is 2. The van der Waals surface area contributed by atoms with Gasteiger partial charge >= 0.3 is 12.1 Å². The number of nitrogens with zero attached hydrogens (tertiary/aromatic N) is 2. The lowest BCUT2D eigenvalue weighted by atomic mass is 9.97. The van der Waals surface area contributed by atoms with Crippen LogP contribution in [0.2, 0.25) is 0 Å².